The van der Waals surface area contributed by atoms with Crippen molar-refractivity contribution in [1.29, 1.82) is 0 Å². The number of alkyl halides is 3. The average molecular weight is 420 g/mol. The van der Waals surface area contributed by atoms with Crippen molar-refractivity contribution in [2.45, 2.75) is 32.0 Å². The zero-order valence-electron chi connectivity index (χ0n) is 10.7. The van der Waals surface area contributed by atoms with Crippen molar-refractivity contribution in [3.8, 4) is 0 Å². The quantitative estimate of drug-likeness (QED) is 0.455. The molecule has 4 nitrogen and oxygen atoms in total. The summed E-state index contributed by atoms with van der Waals surface area (Å²) in [5, 5.41) is 1.33. The van der Waals surface area contributed by atoms with Crippen molar-refractivity contribution in [2.75, 3.05) is 13.1 Å². The molecule has 1 aliphatic rings. The molecule has 114 valence electrons. The number of aliphatic imine (C=N–C) groups is 1. The molecule has 0 spiro atoms. The van der Waals surface area contributed by atoms with Gasteiger partial charge in [-0.1, -0.05) is 0 Å². The minimum absolute atomic E-state index is 0. The maximum atomic E-state index is 12.4. The largest absolute Gasteiger partial charge is 0.434 e. The van der Waals surface area contributed by atoms with Crippen molar-refractivity contribution in [2.24, 2.45) is 10.7 Å². The van der Waals surface area contributed by atoms with E-state index in [2.05, 4.69) is 9.98 Å². The summed E-state index contributed by atoms with van der Waals surface area (Å²) in [5.41, 5.74) is 4.96. The van der Waals surface area contributed by atoms with Gasteiger partial charge in [0.1, 0.15) is 5.01 Å². The molecule has 1 aromatic rings. The van der Waals surface area contributed by atoms with Gasteiger partial charge in [0.2, 0.25) is 0 Å². The van der Waals surface area contributed by atoms with Crippen molar-refractivity contribution < 1.29 is 13.2 Å². The monoisotopic (exact) mass is 420 g/mol. The van der Waals surface area contributed by atoms with Crippen LogP contribution >= 0.6 is 35.3 Å². The molecule has 0 aromatic carbocycles. The number of piperidine rings is 1. The summed E-state index contributed by atoms with van der Waals surface area (Å²) >= 11 is 0.953. The minimum Gasteiger partial charge on any atom is -0.370 e. The Morgan fingerprint density at radius 2 is 2.00 bits per heavy atom. The van der Waals surface area contributed by atoms with Gasteiger partial charge in [-0.2, -0.15) is 13.2 Å². The van der Waals surface area contributed by atoms with Crippen LogP contribution < -0.4 is 5.73 Å². The fourth-order valence-electron chi connectivity index (χ4n) is 1.89. The van der Waals surface area contributed by atoms with Crippen molar-refractivity contribution in [1.82, 2.24) is 9.88 Å². The molecule has 0 bridgehead atoms. The number of nitrogens with zero attached hydrogens (tertiary/aromatic N) is 3. The van der Waals surface area contributed by atoms with Gasteiger partial charge in [0, 0.05) is 18.5 Å². The maximum absolute atomic E-state index is 12.4. The van der Waals surface area contributed by atoms with Gasteiger partial charge in [0.05, 0.1) is 6.54 Å². The smallest absolute Gasteiger partial charge is 0.370 e. The molecule has 2 rings (SSSR count). The highest BCUT2D eigenvalue weighted by molar-refractivity contribution is 14.0. The van der Waals surface area contributed by atoms with Crippen LogP contribution in [0.5, 0.6) is 0 Å². The van der Waals surface area contributed by atoms with Crippen molar-refractivity contribution >= 4 is 41.3 Å². The van der Waals surface area contributed by atoms with E-state index in [1.807, 2.05) is 4.90 Å². The third-order valence-electron chi connectivity index (χ3n) is 2.90. The molecule has 1 aromatic heterocycles. The van der Waals surface area contributed by atoms with Gasteiger partial charge < -0.3 is 10.6 Å². The van der Waals surface area contributed by atoms with E-state index in [0.717, 1.165) is 42.6 Å². The molecule has 9 heteroatoms. The van der Waals surface area contributed by atoms with E-state index in [1.165, 1.54) is 6.42 Å². The number of hydrogen-bond acceptors (Lipinski definition) is 3. The second kappa shape index (κ2) is 7.43. The number of nitrogens with two attached hydrogens (primary N) is 1. The van der Waals surface area contributed by atoms with Gasteiger partial charge in [-0.3, -0.25) is 0 Å². The second-order valence-electron chi connectivity index (χ2n) is 4.35. The zero-order chi connectivity index (χ0) is 13.9. The molecular formula is C11H16F3IN4S. The van der Waals surface area contributed by atoms with Gasteiger partial charge in [0.15, 0.2) is 11.7 Å². The van der Waals surface area contributed by atoms with Crippen LogP contribution in [-0.2, 0) is 12.7 Å². The lowest BCUT2D eigenvalue weighted by molar-refractivity contribution is -0.140. The predicted octanol–water partition coefficient (Wildman–Crippen LogP) is 3.08. The van der Waals surface area contributed by atoms with E-state index in [0.29, 0.717) is 11.0 Å². The third-order valence-corrected chi connectivity index (χ3v) is 3.73. The highest BCUT2D eigenvalue weighted by Gasteiger charge is 2.33. The molecule has 0 aliphatic carbocycles. The molecule has 1 saturated heterocycles. The summed E-state index contributed by atoms with van der Waals surface area (Å²) in [6.07, 6.45) is -1.06. The second-order valence-corrected chi connectivity index (χ2v) is 5.29. The Labute approximate surface area is 136 Å². The topological polar surface area (TPSA) is 54.5 Å². The number of aromatic nitrogens is 1. The lowest BCUT2D eigenvalue weighted by atomic mass is 10.1. The third kappa shape index (κ3) is 4.76. The Hall–Kier alpha value is -0.580. The van der Waals surface area contributed by atoms with Crippen LogP contribution in [0.15, 0.2) is 10.4 Å². The number of likely N-dealkylation sites (tertiary alicyclic amines) is 1. The number of halogens is 4. The van der Waals surface area contributed by atoms with Crippen LogP contribution in [0.2, 0.25) is 0 Å². The number of thiazole rings is 1. The Morgan fingerprint density at radius 3 is 2.55 bits per heavy atom. The normalized spacial score (nSPS) is 16.9. The molecule has 0 atom stereocenters. The van der Waals surface area contributed by atoms with Crippen LogP contribution in [0.25, 0.3) is 0 Å². The Bertz CT molecular complexity index is 455. The lowest BCUT2D eigenvalue weighted by Gasteiger charge is -2.27. The SMILES string of the molecule is I.NC(=NCc1nc(C(F)(F)F)cs1)N1CCCCC1. The molecule has 20 heavy (non-hydrogen) atoms. The zero-order valence-corrected chi connectivity index (χ0v) is 13.8. The average Bonchev–Trinajstić information content (AvgIpc) is 2.86. The first-order chi connectivity index (χ1) is 8.97. The highest BCUT2D eigenvalue weighted by atomic mass is 127. The van der Waals surface area contributed by atoms with Gasteiger partial charge in [-0.05, 0) is 19.3 Å². The van der Waals surface area contributed by atoms with Crippen LogP contribution in [0, 0.1) is 0 Å². The molecule has 2 heterocycles. The van der Waals surface area contributed by atoms with Crippen LogP contribution in [0.4, 0.5) is 13.2 Å². The maximum Gasteiger partial charge on any atom is 0.434 e. The predicted molar refractivity (Wildman–Crippen MR) is 83.3 cm³/mol. The molecule has 1 aliphatic heterocycles. The van der Waals surface area contributed by atoms with Gasteiger partial charge in [-0.25, -0.2) is 9.98 Å². The Morgan fingerprint density at radius 1 is 1.35 bits per heavy atom. The van der Waals surface area contributed by atoms with E-state index in [4.69, 9.17) is 5.73 Å². The molecule has 2 N–H and O–H groups in total. The number of rotatable bonds is 2. The first kappa shape index (κ1) is 17.5. The highest BCUT2D eigenvalue weighted by Crippen LogP contribution is 2.30. The fourth-order valence-corrected chi connectivity index (χ4v) is 2.61. The van der Waals surface area contributed by atoms with Crippen LogP contribution in [-0.4, -0.2) is 28.9 Å². The summed E-state index contributed by atoms with van der Waals surface area (Å²) in [4.78, 5) is 9.59. The first-order valence-electron chi connectivity index (χ1n) is 6.03. The van der Waals surface area contributed by atoms with Crippen LogP contribution in [0.1, 0.15) is 30.0 Å². The van der Waals surface area contributed by atoms with Gasteiger partial charge >= 0.3 is 6.18 Å². The number of hydrogen-bond donors (Lipinski definition) is 1. The molecule has 0 unspecified atom stereocenters. The van der Waals surface area contributed by atoms with Gasteiger partial charge in [-0.15, -0.1) is 35.3 Å². The van der Waals surface area contributed by atoms with Crippen molar-refractivity contribution in [3.63, 3.8) is 0 Å². The number of guanidine groups is 1. The fraction of sp³-hybridized carbons (Fsp3) is 0.636. The summed E-state index contributed by atoms with van der Waals surface area (Å²) in [6, 6.07) is 0. The summed E-state index contributed by atoms with van der Waals surface area (Å²) < 4.78 is 37.1. The summed E-state index contributed by atoms with van der Waals surface area (Å²) in [7, 11) is 0. The molecule has 0 radical (unpaired) electrons. The standard InChI is InChI=1S/C11H15F3N4S.HI/c12-11(13,14)8-7-19-9(17-8)6-16-10(15)18-4-2-1-3-5-18;/h7H,1-6H2,(H2,15,16);1H. The van der Waals surface area contributed by atoms with E-state index in [-0.39, 0.29) is 30.5 Å². The van der Waals surface area contributed by atoms with Crippen molar-refractivity contribution in [3.05, 3.63) is 16.1 Å². The molecular weight excluding hydrogens is 404 g/mol. The lowest BCUT2D eigenvalue weighted by Crippen LogP contribution is -2.40. The van der Waals surface area contributed by atoms with E-state index >= 15 is 0 Å². The van der Waals surface area contributed by atoms with Crippen LogP contribution in [0.3, 0.4) is 0 Å². The Balaban J connectivity index is 0.00000200. The first-order valence-corrected chi connectivity index (χ1v) is 6.91. The Kier molecular flexibility index (Phi) is 6.49. The van der Waals surface area contributed by atoms with E-state index in [1.54, 1.807) is 0 Å². The summed E-state index contributed by atoms with van der Waals surface area (Å²) in [5.74, 6) is 0.392. The van der Waals surface area contributed by atoms with E-state index in [9.17, 15) is 13.2 Å². The minimum atomic E-state index is -4.39. The molecule has 0 amide bonds. The summed E-state index contributed by atoms with van der Waals surface area (Å²) in [6.45, 7) is 1.82. The molecule has 1 fully saturated rings. The van der Waals surface area contributed by atoms with E-state index < -0.39 is 11.9 Å². The molecule has 0 saturated carbocycles. The van der Waals surface area contributed by atoms with Gasteiger partial charge in [0.25, 0.3) is 0 Å².